The van der Waals surface area contributed by atoms with Crippen LogP contribution in [0.2, 0.25) is 0 Å². The minimum Gasteiger partial charge on any atom is -0.453 e. The average molecular weight is 2060 g/mol. The number of fused-ring (bicyclic) bond motifs is 4. The number of aromatic nitrogens is 4. The van der Waals surface area contributed by atoms with E-state index >= 15 is 65.9 Å². The summed E-state index contributed by atoms with van der Waals surface area (Å²) >= 11 is 0. The molecule has 16 rings (SSSR count). The van der Waals surface area contributed by atoms with Gasteiger partial charge in [0.05, 0.1) is 43.1 Å². The van der Waals surface area contributed by atoms with Crippen LogP contribution in [0.25, 0.3) is 43.1 Å². The first kappa shape index (κ1) is 102. The molecular weight excluding hydrogens is 2010 g/mol. The van der Waals surface area contributed by atoms with Crippen molar-refractivity contribution in [1.82, 2.24) is 18.3 Å². The third kappa shape index (κ3) is 15.6. The highest BCUT2D eigenvalue weighted by Crippen LogP contribution is 2.52. The fraction of sp³-hybridized carbons (Fsp3) is 0.149. The molecule has 4 heterocycles. The van der Waals surface area contributed by atoms with E-state index in [9.17, 15) is 99.1 Å². The van der Waals surface area contributed by atoms with Gasteiger partial charge in [0.15, 0.2) is 114 Å². The quantitative estimate of drug-likeness (QED) is 0.0506. The highest BCUT2D eigenvalue weighted by Gasteiger charge is 2.54. The number of benzene rings is 12. The van der Waals surface area contributed by atoms with Crippen LogP contribution in [0.15, 0.2) is 167 Å². The third-order valence-electron chi connectivity index (χ3n) is 23.9. The summed E-state index contributed by atoms with van der Waals surface area (Å²) in [6, 6.07) is 16.7. The molecule has 742 valence electrons. The fourth-order valence-corrected chi connectivity index (χ4v) is 18.6. The van der Waals surface area contributed by atoms with E-state index in [0.29, 0.717) is 88.3 Å². The van der Waals surface area contributed by atoms with Crippen LogP contribution < -0.4 is 72.9 Å². The fourth-order valence-electron chi connectivity index (χ4n) is 15.5. The highest BCUT2D eigenvalue weighted by atomic mass is 32.2. The van der Waals surface area contributed by atoms with Crippen LogP contribution in [0.5, 0.6) is 69.0 Å². The van der Waals surface area contributed by atoms with Crippen molar-refractivity contribution in [2.24, 2.45) is 28.2 Å². The number of halogens is 25. The van der Waals surface area contributed by atoms with Crippen LogP contribution in [-0.4, -0.2) is 41.3 Å². The second-order valence-electron chi connectivity index (χ2n) is 32.4. The van der Waals surface area contributed by atoms with Crippen molar-refractivity contribution in [2.45, 2.75) is 85.1 Å². The molecule has 0 amide bonds. The molecule has 143 heavy (non-hydrogen) atoms. The second kappa shape index (κ2) is 35.4. The van der Waals surface area contributed by atoms with E-state index < -0.39 is 374 Å². The summed E-state index contributed by atoms with van der Waals surface area (Å²) in [6.45, 7) is 6.21. The zero-order valence-electron chi connectivity index (χ0n) is 73.3. The molecule has 0 unspecified atom stereocenters. The van der Waals surface area contributed by atoms with E-state index in [1.54, 1.807) is 13.8 Å². The molecule has 0 radical (unpaired) electrons. The highest BCUT2D eigenvalue weighted by molar-refractivity contribution is 7.92. The molecule has 0 saturated heterocycles. The first-order valence-corrected chi connectivity index (χ1v) is 43.0. The smallest absolute Gasteiger partial charge is 0.402 e. The lowest BCUT2D eigenvalue weighted by molar-refractivity contribution is -0.173. The standard InChI is InChI=1S/C51H25F11N4O12.C43H26F14O6S2/c1-50(51(60,61)62,16-6-10-18(11-7-16)75-38-28(52)32(56)40(33(57)29(38)53)77-36-24-20(42(67)63(2)46(24)71)14-21-25(36)47(72)64(3)43(21)68)17-8-12-19(13-9-17)76-39-30(54)34(58)41(35(59)31(39)55)78-37-26-22(44(69)65(4)48(26)73)15-23-27(37)49(74)66(5)45(23)70;1-15-23(44)31(52)39(32(53)24(15)45)64(58,59)41-35(56)27(48)17(3)29(50)37(41)62-21-11-7-19(8-12-21)43(5,6)20-9-13-22(14-10-20)63-38-30(51)18(4)28(49)36(57)42(38)65(60,61)40-33(54)25(46)16(2)26(47)34(40)55/h6-15H,1-5H3;7-14H,1-6H3. The van der Waals surface area contributed by atoms with Crippen LogP contribution in [-0.2, 0) is 58.7 Å². The maximum absolute atomic E-state index is 15.7. The van der Waals surface area contributed by atoms with Crippen molar-refractivity contribution in [1.29, 1.82) is 0 Å². The monoisotopic (exact) mass is 2060 g/mol. The second-order valence-corrected chi connectivity index (χ2v) is 36.1. The van der Waals surface area contributed by atoms with E-state index in [4.69, 9.17) is 28.4 Å². The SMILES string of the molecule is Cc1c(F)c(F)c(S(=O)(=O)c2c(F)c(F)c(C)c(F)c2Oc2ccc(C(C)(C)c3ccc(Oc4c(F)c(C)c(F)c(F)c4S(=O)(=O)c4c(F)c(F)c(C)c(F)c4F)cc3)cc2)c(F)c1F.Cn1c(=O)c2cc3c(=O)n(C)c(=O)c3c(Oc3c(F)c(F)c(Oc4ccc(C(C)(c5ccc(Oc6c(F)c(F)c(Oc7c8c(=O)n(C)c(=O)c8cc8c(=O)n(C)c(=O)c78)c(F)c6F)cc5)C(F)(F)F)cc4)c(F)c3F)c2c1=O. The largest absolute Gasteiger partial charge is 0.453 e. The van der Waals surface area contributed by atoms with Crippen LogP contribution in [0.1, 0.15) is 65.3 Å². The predicted molar refractivity (Wildman–Crippen MR) is 452 cm³/mol. The van der Waals surface area contributed by atoms with E-state index in [2.05, 4.69) is 0 Å². The molecule has 0 N–H and O–H groups in total. The lowest BCUT2D eigenvalue weighted by atomic mass is 9.75. The molecule has 0 aliphatic heterocycles. The summed E-state index contributed by atoms with van der Waals surface area (Å²) in [5, 5.41) is -5.31. The van der Waals surface area contributed by atoms with Gasteiger partial charge in [0, 0.05) is 55.9 Å². The summed E-state index contributed by atoms with van der Waals surface area (Å²) in [5.41, 5.74) is -18.6. The lowest BCUT2D eigenvalue weighted by Crippen LogP contribution is -2.40. The molecule has 0 aliphatic rings. The summed E-state index contributed by atoms with van der Waals surface area (Å²) in [7, 11) is -8.47. The van der Waals surface area contributed by atoms with E-state index in [1.807, 2.05) is 0 Å². The van der Waals surface area contributed by atoms with E-state index in [0.717, 1.165) is 88.9 Å². The molecule has 0 fully saturated rings. The van der Waals surface area contributed by atoms with Crippen molar-refractivity contribution < 1.29 is 155 Å². The van der Waals surface area contributed by atoms with Crippen LogP contribution in [0, 0.1) is 156 Å². The molecule has 49 heteroatoms. The van der Waals surface area contributed by atoms with Gasteiger partial charge in [0.2, 0.25) is 89.2 Å². The number of hydrogen-bond donors (Lipinski definition) is 0. The van der Waals surface area contributed by atoms with Gasteiger partial charge in [-0.1, -0.05) is 62.4 Å². The summed E-state index contributed by atoms with van der Waals surface area (Å²) in [6.07, 6.45) is -5.22. The molecule has 0 spiro atoms. The Bertz CT molecular complexity index is 8240. The van der Waals surface area contributed by atoms with Gasteiger partial charge >= 0.3 is 6.18 Å². The van der Waals surface area contributed by atoms with Gasteiger partial charge in [-0.25, -0.2) is 78.3 Å². The number of ether oxygens (including phenoxy) is 6. The summed E-state index contributed by atoms with van der Waals surface area (Å²) < 4.78 is 466. The third-order valence-corrected chi connectivity index (χ3v) is 27.5. The Morgan fingerprint density at radius 1 is 0.231 bits per heavy atom. The van der Waals surface area contributed by atoms with Crippen molar-refractivity contribution in [3.63, 3.8) is 0 Å². The minimum absolute atomic E-state index is 0.334. The first-order chi connectivity index (χ1) is 66.6. The number of hydrogen-bond acceptors (Lipinski definition) is 18. The number of rotatable bonds is 20. The van der Waals surface area contributed by atoms with Gasteiger partial charge in [-0.15, -0.1) is 0 Å². The lowest BCUT2D eigenvalue weighted by Gasteiger charge is -2.33. The molecular formula is C94H51F25N4O18S2. The Balaban J connectivity index is 0.000000219. The number of nitrogens with zero attached hydrogens (tertiary/aromatic N) is 4. The molecule has 0 bridgehead atoms. The number of alkyl halides is 3. The molecule has 4 aromatic heterocycles. The molecule has 22 nitrogen and oxygen atoms in total. The molecule has 0 atom stereocenters. The van der Waals surface area contributed by atoms with Crippen LogP contribution >= 0.6 is 0 Å². The van der Waals surface area contributed by atoms with Gasteiger partial charge in [0.1, 0.15) is 38.2 Å². The number of sulfone groups is 2. The van der Waals surface area contributed by atoms with Crippen molar-refractivity contribution >= 4 is 62.8 Å². The van der Waals surface area contributed by atoms with Gasteiger partial charge < -0.3 is 28.4 Å². The molecule has 12 aromatic carbocycles. The van der Waals surface area contributed by atoms with Crippen molar-refractivity contribution in [3.8, 4) is 69.0 Å². The maximum Gasteiger partial charge on any atom is 0.402 e. The zero-order valence-corrected chi connectivity index (χ0v) is 74.9. The first-order valence-electron chi connectivity index (χ1n) is 40.1. The normalized spacial score (nSPS) is 12.3. The Morgan fingerprint density at radius 2 is 0.420 bits per heavy atom. The van der Waals surface area contributed by atoms with Gasteiger partial charge in [-0.05, 0) is 118 Å². The van der Waals surface area contributed by atoms with Gasteiger partial charge in [0.25, 0.3) is 44.5 Å². The van der Waals surface area contributed by atoms with E-state index in [-0.39, 0.29) is 0 Å². The summed E-state index contributed by atoms with van der Waals surface area (Å²) in [5.74, 6) is -65.7. The van der Waals surface area contributed by atoms with Gasteiger partial charge in [-0.2, -0.15) is 48.3 Å². The molecule has 0 saturated carbocycles. The Morgan fingerprint density at radius 3 is 0.636 bits per heavy atom. The summed E-state index contributed by atoms with van der Waals surface area (Å²) in [4.78, 5) is 94.2. The average Bonchev–Trinajstić information content (AvgIpc) is 1.59. The Labute approximate surface area is 779 Å². The topological polar surface area (TPSA) is 280 Å². The van der Waals surface area contributed by atoms with Crippen molar-refractivity contribution in [3.05, 3.63) is 365 Å². The Hall–Kier alpha value is -15.9. The van der Waals surface area contributed by atoms with E-state index in [1.165, 1.54) is 24.3 Å². The molecule has 0 aliphatic carbocycles. The Kier molecular flexibility index (Phi) is 25.2. The minimum atomic E-state index is -6.20. The maximum atomic E-state index is 15.7. The zero-order chi connectivity index (χ0) is 106. The van der Waals surface area contributed by atoms with Gasteiger partial charge in [-0.3, -0.25) is 56.6 Å². The van der Waals surface area contributed by atoms with Crippen LogP contribution in [0.3, 0.4) is 0 Å². The predicted octanol–water partition coefficient (Wildman–Crippen LogP) is 19.9. The van der Waals surface area contributed by atoms with Crippen molar-refractivity contribution in [2.75, 3.05) is 0 Å². The molecule has 16 aromatic rings. The van der Waals surface area contributed by atoms with Crippen LogP contribution in [0.4, 0.5) is 110 Å².